The summed E-state index contributed by atoms with van der Waals surface area (Å²) >= 11 is 13.6. The fraction of sp³-hybridized carbons (Fsp3) is 0.222. The highest BCUT2D eigenvalue weighted by Gasteiger charge is 2.18. The van der Waals surface area contributed by atoms with E-state index in [-0.39, 0.29) is 18.4 Å². The Morgan fingerprint density at radius 1 is 1.36 bits per heavy atom. The molecule has 1 atom stereocenters. The highest BCUT2D eigenvalue weighted by molar-refractivity contribution is 7.13. The second-order valence-corrected chi connectivity index (χ2v) is 7.42. The molecule has 7 heteroatoms. The third kappa shape index (κ3) is 4.24. The van der Waals surface area contributed by atoms with Crippen molar-refractivity contribution in [2.45, 2.75) is 26.3 Å². The van der Waals surface area contributed by atoms with Gasteiger partial charge in [0, 0.05) is 10.0 Å². The van der Waals surface area contributed by atoms with Crippen LogP contribution in [0.2, 0.25) is 10.0 Å². The zero-order valence-corrected chi connectivity index (χ0v) is 16.0. The number of nitrogens with zero attached hydrogens (tertiary/aromatic N) is 1. The molecule has 0 bridgehead atoms. The number of thiophene rings is 1. The van der Waals surface area contributed by atoms with Crippen LogP contribution in [0, 0.1) is 6.92 Å². The maximum absolute atomic E-state index is 12.4. The van der Waals surface area contributed by atoms with Crippen molar-refractivity contribution in [3.63, 3.8) is 0 Å². The van der Waals surface area contributed by atoms with Crippen LogP contribution in [0.1, 0.15) is 30.0 Å². The van der Waals surface area contributed by atoms with Gasteiger partial charge < -0.3 is 9.73 Å². The Bertz CT molecular complexity index is 891. The van der Waals surface area contributed by atoms with Crippen molar-refractivity contribution in [1.29, 1.82) is 0 Å². The predicted molar refractivity (Wildman–Crippen MR) is 101 cm³/mol. The van der Waals surface area contributed by atoms with E-state index in [1.54, 1.807) is 23.5 Å². The molecule has 130 valence electrons. The van der Waals surface area contributed by atoms with Crippen LogP contribution in [0.4, 0.5) is 0 Å². The van der Waals surface area contributed by atoms with E-state index < -0.39 is 0 Å². The quantitative estimate of drug-likeness (QED) is 0.626. The Morgan fingerprint density at radius 3 is 2.84 bits per heavy atom. The molecule has 0 spiro atoms. The van der Waals surface area contributed by atoms with E-state index >= 15 is 0 Å². The molecule has 1 aromatic carbocycles. The average Bonchev–Trinajstić information content (AvgIpc) is 3.17. The first-order chi connectivity index (χ1) is 11.9. The maximum atomic E-state index is 12.4. The van der Waals surface area contributed by atoms with Crippen LogP contribution >= 0.6 is 34.5 Å². The molecule has 0 radical (unpaired) electrons. The Kier molecular flexibility index (Phi) is 5.47. The lowest BCUT2D eigenvalue weighted by Crippen LogP contribution is -2.28. The van der Waals surface area contributed by atoms with Crippen LogP contribution in [-0.2, 0) is 11.2 Å². The standard InChI is InChI=1S/C18H16Cl2N2O2S/c1-10(13-6-5-12(19)8-14(13)20)21-17(23)9-15-11(2)24-18(22-15)16-4-3-7-25-16/h3-8,10H,9H2,1-2H3,(H,21,23). The van der Waals surface area contributed by atoms with E-state index in [1.165, 1.54) is 0 Å². The third-order valence-electron chi connectivity index (χ3n) is 3.76. The van der Waals surface area contributed by atoms with Gasteiger partial charge in [0.15, 0.2) is 0 Å². The van der Waals surface area contributed by atoms with E-state index in [0.717, 1.165) is 10.4 Å². The van der Waals surface area contributed by atoms with E-state index in [2.05, 4.69) is 10.3 Å². The monoisotopic (exact) mass is 394 g/mol. The summed E-state index contributed by atoms with van der Waals surface area (Å²) in [7, 11) is 0. The molecule has 2 heterocycles. The van der Waals surface area contributed by atoms with Crippen LogP contribution < -0.4 is 5.32 Å². The fourth-order valence-corrected chi connectivity index (χ4v) is 3.69. The topological polar surface area (TPSA) is 55.1 Å². The molecule has 25 heavy (non-hydrogen) atoms. The van der Waals surface area contributed by atoms with E-state index in [0.29, 0.717) is 27.4 Å². The van der Waals surface area contributed by atoms with Gasteiger partial charge in [0.05, 0.1) is 23.0 Å². The van der Waals surface area contributed by atoms with Crippen LogP contribution in [0.3, 0.4) is 0 Å². The molecule has 1 amide bonds. The number of halogens is 2. The van der Waals surface area contributed by atoms with Crippen molar-refractivity contribution < 1.29 is 9.21 Å². The second-order valence-electron chi connectivity index (χ2n) is 5.63. The number of amides is 1. The molecule has 4 nitrogen and oxygen atoms in total. The first-order valence-corrected chi connectivity index (χ1v) is 9.32. The number of oxazole rings is 1. The van der Waals surface area contributed by atoms with E-state index in [9.17, 15) is 4.79 Å². The first kappa shape index (κ1) is 18.0. The van der Waals surface area contributed by atoms with Gasteiger partial charge >= 0.3 is 0 Å². The summed E-state index contributed by atoms with van der Waals surface area (Å²) in [5.74, 6) is 1.05. The van der Waals surface area contributed by atoms with Gasteiger partial charge in [-0.15, -0.1) is 11.3 Å². The zero-order chi connectivity index (χ0) is 18.0. The Balaban J connectivity index is 1.68. The number of rotatable bonds is 5. The molecule has 3 rings (SSSR count). The number of nitrogens with one attached hydrogen (secondary N) is 1. The SMILES string of the molecule is Cc1oc(-c2cccs2)nc1CC(=O)NC(C)c1ccc(Cl)cc1Cl. The first-order valence-electron chi connectivity index (χ1n) is 7.68. The average molecular weight is 395 g/mol. The number of carbonyl (C=O) groups excluding carboxylic acids is 1. The molecule has 3 aromatic rings. The molecule has 0 aliphatic heterocycles. The molecule has 0 fully saturated rings. The van der Waals surface area contributed by atoms with Gasteiger partial charge in [-0.25, -0.2) is 4.98 Å². The molecular formula is C18H16Cl2N2O2S. The number of benzene rings is 1. The Morgan fingerprint density at radius 2 is 2.16 bits per heavy atom. The summed E-state index contributed by atoms with van der Waals surface area (Å²) < 4.78 is 5.67. The zero-order valence-electron chi connectivity index (χ0n) is 13.7. The van der Waals surface area contributed by atoms with Crippen molar-refractivity contribution in [2.75, 3.05) is 0 Å². The minimum Gasteiger partial charge on any atom is -0.440 e. The fourth-order valence-electron chi connectivity index (χ4n) is 2.47. The van der Waals surface area contributed by atoms with Crippen LogP contribution in [0.5, 0.6) is 0 Å². The number of carbonyl (C=O) groups is 1. The second kappa shape index (κ2) is 7.60. The van der Waals surface area contributed by atoms with Gasteiger partial charge in [0.2, 0.25) is 11.8 Å². The van der Waals surface area contributed by atoms with Gasteiger partial charge in [-0.05, 0) is 43.0 Å². The van der Waals surface area contributed by atoms with Gasteiger partial charge in [-0.2, -0.15) is 0 Å². The summed E-state index contributed by atoms with van der Waals surface area (Å²) in [4.78, 5) is 17.7. The normalized spacial score (nSPS) is 12.2. The molecule has 0 saturated heterocycles. The lowest BCUT2D eigenvalue weighted by atomic mass is 10.1. The summed E-state index contributed by atoms with van der Waals surface area (Å²) in [6.45, 7) is 3.69. The lowest BCUT2D eigenvalue weighted by molar-refractivity contribution is -0.121. The van der Waals surface area contributed by atoms with E-state index in [1.807, 2.05) is 37.4 Å². The molecule has 0 aliphatic carbocycles. The lowest BCUT2D eigenvalue weighted by Gasteiger charge is -2.15. The van der Waals surface area contributed by atoms with E-state index in [4.69, 9.17) is 27.6 Å². The van der Waals surface area contributed by atoms with Crippen LogP contribution in [0.15, 0.2) is 40.1 Å². The van der Waals surface area contributed by atoms with Crippen molar-refractivity contribution in [2.24, 2.45) is 0 Å². The van der Waals surface area contributed by atoms with Crippen molar-refractivity contribution in [1.82, 2.24) is 10.3 Å². The Labute approximate surface area is 159 Å². The van der Waals surface area contributed by atoms with Crippen molar-refractivity contribution in [3.05, 3.63) is 62.8 Å². The van der Waals surface area contributed by atoms with Gasteiger partial charge in [-0.1, -0.05) is 35.3 Å². The number of aromatic nitrogens is 1. The summed E-state index contributed by atoms with van der Waals surface area (Å²) in [6.07, 6.45) is 0.149. The van der Waals surface area contributed by atoms with Gasteiger partial charge in [0.1, 0.15) is 5.76 Å². The summed E-state index contributed by atoms with van der Waals surface area (Å²) in [5.41, 5.74) is 1.45. The highest BCUT2D eigenvalue weighted by atomic mass is 35.5. The molecule has 0 aliphatic rings. The molecule has 0 saturated carbocycles. The smallest absolute Gasteiger partial charge is 0.236 e. The number of hydrogen-bond acceptors (Lipinski definition) is 4. The largest absolute Gasteiger partial charge is 0.440 e. The summed E-state index contributed by atoms with van der Waals surface area (Å²) in [5, 5.41) is 5.98. The molecular weight excluding hydrogens is 379 g/mol. The van der Waals surface area contributed by atoms with Crippen molar-refractivity contribution >= 4 is 40.4 Å². The maximum Gasteiger partial charge on any atom is 0.236 e. The Hall–Kier alpha value is -1.82. The predicted octanol–water partition coefficient (Wildman–Crippen LogP) is 5.44. The molecule has 2 aromatic heterocycles. The minimum atomic E-state index is -0.235. The highest BCUT2D eigenvalue weighted by Crippen LogP contribution is 2.27. The van der Waals surface area contributed by atoms with Gasteiger partial charge in [-0.3, -0.25) is 4.79 Å². The van der Waals surface area contributed by atoms with Crippen molar-refractivity contribution in [3.8, 4) is 10.8 Å². The molecule has 1 N–H and O–H groups in total. The van der Waals surface area contributed by atoms with Crippen LogP contribution in [-0.4, -0.2) is 10.9 Å². The summed E-state index contributed by atoms with van der Waals surface area (Å²) in [6, 6.07) is 8.86. The molecule has 1 unspecified atom stereocenters. The third-order valence-corrected chi connectivity index (χ3v) is 5.18. The minimum absolute atomic E-state index is 0.146. The van der Waals surface area contributed by atoms with Crippen LogP contribution in [0.25, 0.3) is 10.8 Å². The number of aryl methyl sites for hydroxylation is 1. The van der Waals surface area contributed by atoms with Gasteiger partial charge in [0.25, 0.3) is 0 Å². The number of hydrogen-bond donors (Lipinski definition) is 1.